The summed E-state index contributed by atoms with van der Waals surface area (Å²) in [6, 6.07) is 0. The lowest BCUT2D eigenvalue weighted by Crippen LogP contribution is -2.07. The van der Waals surface area contributed by atoms with Crippen LogP contribution in [0, 0.1) is 0 Å². The van der Waals surface area contributed by atoms with Gasteiger partial charge in [0.05, 0.1) is 11.8 Å². The molecule has 0 atom stereocenters. The molecule has 0 aromatic carbocycles. The Morgan fingerprint density at radius 3 is 2.54 bits per heavy atom. The average molecular weight is 189 g/mol. The van der Waals surface area contributed by atoms with Crippen molar-refractivity contribution in [1.29, 1.82) is 0 Å². The Balaban J connectivity index is 3.35. The Labute approximate surface area is 73.2 Å². The molecule has 72 valence electrons. The van der Waals surface area contributed by atoms with Gasteiger partial charge in [-0.1, -0.05) is 0 Å². The maximum absolute atomic E-state index is 12.4. The largest absolute Gasteiger partial charge is 0.506 e. The molecule has 0 unspecified atom stereocenters. The first-order valence-electron chi connectivity index (χ1n) is 3.52. The van der Waals surface area contributed by atoms with Crippen molar-refractivity contribution in [3.63, 3.8) is 0 Å². The minimum atomic E-state index is -2.78. The number of rotatable bonds is 2. The molecular weight excluding hydrogens is 180 g/mol. The van der Waals surface area contributed by atoms with Crippen LogP contribution in [-0.4, -0.2) is 10.1 Å². The quantitative estimate of drug-likeness (QED) is 0.641. The molecule has 1 rings (SSSR count). The Morgan fingerprint density at radius 2 is 2.15 bits per heavy atom. The van der Waals surface area contributed by atoms with Crippen molar-refractivity contribution in [3.8, 4) is 5.75 Å². The van der Waals surface area contributed by atoms with Crippen LogP contribution in [0.2, 0.25) is 0 Å². The number of pyridine rings is 1. The second kappa shape index (κ2) is 3.53. The van der Waals surface area contributed by atoms with Crippen molar-refractivity contribution in [2.75, 3.05) is 5.73 Å². The molecule has 0 bridgehead atoms. The molecule has 0 radical (unpaired) electrons. The van der Waals surface area contributed by atoms with Crippen LogP contribution in [0.4, 0.5) is 14.6 Å². The smallest absolute Gasteiger partial charge is 0.267 e. The van der Waals surface area contributed by atoms with E-state index in [1.807, 2.05) is 0 Å². The summed E-state index contributed by atoms with van der Waals surface area (Å²) in [6.07, 6.45) is -1.78. The number of aromatic nitrogens is 1. The van der Waals surface area contributed by atoms with E-state index in [1.54, 1.807) is 0 Å². The Morgan fingerprint density at radius 1 is 1.54 bits per heavy atom. The van der Waals surface area contributed by atoms with Crippen molar-refractivity contribution in [1.82, 2.24) is 4.98 Å². The zero-order valence-electron chi connectivity index (χ0n) is 6.67. The molecule has 5 N–H and O–H groups in total. The van der Waals surface area contributed by atoms with Crippen LogP contribution in [0.3, 0.4) is 0 Å². The first kappa shape index (κ1) is 9.66. The fraction of sp³-hybridized carbons (Fsp3) is 0.286. The molecule has 0 aliphatic carbocycles. The summed E-state index contributed by atoms with van der Waals surface area (Å²) in [5.74, 6) is -0.653. The normalized spacial score (nSPS) is 10.8. The van der Waals surface area contributed by atoms with Gasteiger partial charge in [0.1, 0.15) is 11.6 Å². The zero-order chi connectivity index (χ0) is 10.0. The molecule has 4 nitrogen and oxygen atoms in total. The second-order valence-corrected chi connectivity index (χ2v) is 2.43. The van der Waals surface area contributed by atoms with Gasteiger partial charge >= 0.3 is 0 Å². The van der Waals surface area contributed by atoms with E-state index in [9.17, 15) is 8.78 Å². The van der Waals surface area contributed by atoms with E-state index in [-0.39, 0.29) is 23.7 Å². The van der Waals surface area contributed by atoms with E-state index < -0.39 is 12.0 Å². The third kappa shape index (κ3) is 1.67. The summed E-state index contributed by atoms with van der Waals surface area (Å²) in [7, 11) is 0. The highest BCUT2D eigenvalue weighted by Crippen LogP contribution is 2.31. The molecule has 13 heavy (non-hydrogen) atoms. The molecule has 0 saturated heterocycles. The van der Waals surface area contributed by atoms with Gasteiger partial charge in [-0.05, 0) is 0 Å². The summed E-state index contributed by atoms with van der Waals surface area (Å²) >= 11 is 0. The lowest BCUT2D eigenvalue weighted by Gasteiger charge is -2.10. The fourth-order valence-electron chi connectivity index (χ4n) is 1.03. The van der Waals surface area contributed by atoms with Gasteiger partial charge in [-0.3, -0.25) is 0 Å². The van der Waals surface area contributed by atoms with Crippen LogP contribution in [0.1, 0.15) is 17.6 Å². The second-order valence-electron chi connectivity index (χ2n) is 2.43. The number of nitrogens with zero attached hydrogens (tertiary/aromatic N) is 1. The van der Waals surface area contributed by atoms with Crippen LogP contribution in [-0.2, 0) is 6.54 Å². The summed E-state index contributed by atoms with van der Waals surface area (Å²) < 4.78 is 24.7. The number of aromatic hydroxyl groups is 1. The number of alkyl halides is 2. The van der Waals surface area contributed by atoms with Gasteiger partial charge in [0.15, 0.2) is 0 Å². The summed E-state index contributed by atoms with van der Waals surface area (Å²) in [4.78, 5) is 3.40. The highest BCUT2D eigenvalue weighted by atomic mass is 19.3. The van der Waals surface area contributed by atoms with Crippen LogP contribution < -0.4 is 11.5 Å². The van der Waals surface area contributed by atoms with Gasteiger partial charge in [-0.25, -0.2) is 13.8 Å². The molecule has 0 fully saturated rings. The lowest BCUT2D eigenvalue weighted by molar-refractivity contribution is 0.150. The molecule has 0 aliphatic heterocycles. The number of nitrogen functional groups attached to an aromatic ring is 1. The SMILES string of the molecule is NCc1c(O)cnc(N)c1C(F)F. The van der Waals surface area contributed by atoms with Crippen molar-refractivity contribution >= 4 is 5.82 Å². The van der Waals surface area contributed by atoms with E-state index in [2.05, 4.69) is 4.98 Å². The van der Waals surface area contributed by atoms with E-state index in [4.69, 9.17) is 16.6 Å². The minimum absolute atomic E-state index is 0.0532. The topological polar surface area (TPSA) is 85.2 Å². The van der Waals surface area contributed by atoms with E-state index in [1.165, 1.54) is 0 Å². The van der Waals surface area contributed by atoms with Crippen molar-refractivity contribution < 1.29 is 13.9 Å². The van der Waals surface area contributed by atoms with E-state index in [0.717, 1.165) is 6.20 Å². The van der Waals surface area contributed by atoms with E-state index in [0.29, 0.717) is 0 Å². The van der Waals surface area contributed by atoms with Gasteiger partial charge in [0.2, 0.25) is 0 Å². The standard InChI is InChI=1S/C7H9F2N3O/c8-6(9)5-3(1-10)4(13)2-12-7(5)11/h2,6,13H,1,10H2,(H2,11,12). The molecular formula is C7H9F2N3O. The molecule has 1 heterocycles. The third-order valence-corrected chi connectivity index (χ3v) is 1.66. The number of nitrogens with two attached hydrogens (primary N) is 2. The van der Waals surface area contributed by atoms with Crippen LogP contribution in [0.15, 0.2) is 6.20 Å². The molecule has 0 spiro atoms. The predicted molar refractivity (Wildman–Crippen MR) is 43.2 cm³/mol. The number of hydrogen-bond acceptors (Lipinski definition) is 4. The van der Waals surface area contributed by atoms with Crippen LogP contribution in [0.25, 0.3) is 0 Å². The fourth-order valence-corrected chi connectivity index (χ4v) is 1.03. The van der Waals surface area contributed by atoms with Crippen molar-refractivity contribution in [3.05, 3.63) is 17.3 Å². The number of hydrogen-bond donors (Lipinski definition) is 3. The zero-order valence-corrected chi connectivity index (χ0v) is 6.67. The predicted octanol–water partition coefficient (Wildman–Crippen LogP) is 0.766. The molecule has 0 amide bonds. The van der Waals surface area contributed by atoms with E-state index >= 15 is 0 Å². The van der Waals surface area contributed by atoms with Gasteiger partial charge < -0.3 is 16.6 Å². The molecule has 0 saturated carbocycles. The Hall–Kier alpha value is -1.43. The maximum atomic E-state index is 12.4. The van der Waals surface area contributed by atoms with Gasteiger partial charge in [-0.15, -0.1) is 0 Å². The first-order valence-corrected chi connectivity index (χ1v) is 3.52. The highest BCUT2D eigenvalue weighted by Gasteiger charge is 2.19. The molecule has 1 aromatic heterocycles. The van der Waals surface area contributed by atoms with Crippen molar-refractivity contribution in [2.45, 2.75) is 13.0 Å². The Bertz CT molecular complexity index is 317. The van der Waals surface area contributed by atoms with Gasteiger partial charge in [0, 0.05) is 12.1 Å². The first-order chi connectivity index (χ1) is 6.07. The average Bonchev–Trinajstić information content (AvgIpc) is 2.07. The summed E-state index contributed by atoms with van der Waals surface area (Å²) in [5.41, 5.74) is 9.85. The number of anilines is 1. The monoisotopic (exact) mass is 189 g/mol. The highest BCUT2D eigenvalue weighted by molar-refractivity contribution is 5.50. The summed E-state index contributed by atoms with van der Waals surface area (Å²) in [6.45, 7) is -0.196. The third-order valence-electron chi connectivity index (χ3n) is 1.66. The van der Waals surface area contributed by atoms with Crippen LogP contribution in [0.5, 0.6) is 5.75 Å². The van der Waals surface area contributed by atoms with Gasteiger partial charge in [-0.2, -0.15) is 0 Å². The molecule has 0 aliphatic rings. The summed E-state index contributed by atoms with van der Waals surface area (Å²) in [5, 5.41) is 9.13. The van der Waals surface area contributed by atoms with Crippen LogP contribution >= 0.6 is 0 Å². The minimum Gasteiger partial charge on any atom is -0.506 e. The maximum Gasteiger partial charge on any atom is 0.267 e. The molecule has 6 heteroatoms. The number of halogens is 2. The van der Waals surface area contributed by atoms with Crippen molar-refractivity contribution in [2.24, 2.45) is 5.73 Å². The lowest BCUT2D eigenvalue weighted by atomic mass is 10.1. The Kier molecular flexibility index (Phi) is 2.62. The van der Waals surface area contributed by atoms with Gasteiger partial charge in [0.25, 0.3) is 6.43 Å². The molecule has 1 aromatic rings.